The minimum Gasteiger partial charge on any atom is -0.444 e. The van der Waals surface area contributed by atoms with Crippen molar-refractivity contribution in [1.82, 2.24) is 4.90 Å². The highest BCUT2D eigenvalue weighted by Gasteiger charge is 2.35. The number of hydrogen-bond donors (Lipinski definition) is 0. The average molecular weight is 243 g/mol. The molecule has 0 radical (unpaired) electrons. The van der Waals surface area contributed by atoms with Crippen LogP contribution in [0.3, 0.4) is 0 Å². The van der Waals surface area contributed by atoms with E-state index in [0.717, 1.165) is 19.4 Å². The van der Waals surface area contributed by atoms with Crippen molar-refractivity contribution < 1.29 is 14.3 Å². The third kappa shape index (κ3) is 4.54. The summed E-state index contributed by atoms with van der Waals surface area (Å²) in [6, 6.07) is 0. The minimum atomic E-state index is -0.434. The average Bonchev–Trinajstić information content (AvgIpc) is 2.14. The maximum absolute atomic E-state index is 12.0. The summed E-state index contributed by atoms with van der Waals surface area (Å²) in [6.07, 6.45) is 1.73. The summed E-state index contributed by atoms with van der Waals surface area (Å²) in [5.41, 5.74) is -0.652. The molecule has 0 N–H and O–H groups in total. The topological polar surface area (TPSA) is 38.8 Å². The smallest absolute Gasteiger partial charge is 0.410 e. The molecule has 100 valence electrons. The van der Waals surface area contributed by atoms with Crippen molar-refractivity contribution in [1.29, 1.82) is 0 Å². The Balaban J connectivity index is 2.57. The van der Waals surface area contributed by atoms with E-state index in [0.29, 0.717) is 13.2 Å². The highest BCUT2D eigenvalue weighted by molar-refractivity contribution is 5.68. The molecule has 1 amide bonds. The van der Waals surface area contributed by atoms with E-state index in [-0.39, 0.29) is 11.7 Å². The van der Waals surface area contributed by atoms with Gasteiger partial charge in [0.1, 0.15) is 5.60 Å². The second-order valence-corrected chi connectivity index (χ2v) is 5.89. The van der Waals surface area contributed by atoms with Gasteiger partial charge < -0.3 is 14.4 Å². The summed E-state index contributed by atoms with van der Waals surface area (Å²) in [5, 5.41) is 0. The highest BCUT2D eigenvalue weighted by atomic mass is 16.6. The molecular formula is C13H25NO3. The molecule has 0 spiro atoms. The van der Waals surface area contributed by atoms with Crippen LogP contribution in [0.25, 0.3) is 0 Å². The van der Waals surface area contributed by atoms with Crippen molar-refractivity contribution >= 4 is 6.09 Å². The fourth-order valence-electron chi connectivity index (χ4n) is 2.15. The first-order valence-electron chi connectivity index (χ1n) is 6.38. The molecule has 0 aromatic heterocycles. The monoisotopic (exact) mass is 243 g/mol. The number of piperidine rings is 1. The second kappa shape index (κ2) is 5.25. The largest absolute Gasteiger partial charge is 0.444 e. The summed E-state index contributed by atoms with van der Waals surface area (Å²) in [4.78, 5) is 13.7. The summed E-state index contributed by atoms with van der Waals surface area (Å²) in [6.45, 7) is 11.8. The third-order valence-electron chi connectivity index (χ3n) is 2.80. The van der Waals surface area contributed by atoms with E-state index in [1.54, 1.807) is 4.90 Å². The SMILES string of the molecule is CCOC1(C)CCCN(C(=O)OC(C)(C)C)C1. The van der Waals surface area contributed by atoms with Crippen LogP contribution in [0.15, 0.2) is 0 Å². The molecule has 1 unspecified atom stereocenters. The van der Waals surface area contributed by atoms with Gasteiger partial charge >= 0.3 is 6.09 Å². The molecule has 1 heterocycles. The fraction of sp³-hybridized carbons (Fsp3) is 0.923. The van der Waals surface area contributed by atoms with Crippen molar-refractivity contribution in [2.45, 2.75) is 58.7 Å². The van der Waals surface area contributed by atoms with Gasteiger partial charge in [0.2, 0.25) is 0 Å². The Hall–Kier alpha value is -0.770. The lowest BCUT2D eigenvalue weighted by atomic mass is 9.95. The number of nitrogens with zero attached hydrogens (tertiary/aromatic N) is 1. The lowest BCUT2D eigenvalue weighted by molar-refractivity contribution is -0.0754. The van der Waals surface area contributed by atoms with E-state index in [9.17, 15) is 4.79 Å². The Bertz CT molecular complexity index is 268. The lowest BCUT2D eigenvalue weighted by Crippen LogP contribution is -2.51. The Morgan fingerprint density at radius 1 is 1.41 bits per heavy atom. The van der Waals surface area contributed by atoms with Gasteiger partial charge in [0, 0.05) is 13.2 Å². The Kier molecular flexibility index (Phi) is 4.42. The van der Waals surface area contributed by atoms with E-state index in [2.05, 4.69) is 6.92 Å². The number of likely N-dealkylation sites (tertiary alicyclic amines) is 1. The van der Waals surface area contributed by atoms with E-state index in [4.69, 9.17) is 9.47 Å². The number of ether oxygens (including phenoxy) is 2. The molecule has 0 bridgehead atoms. The molecule has 1 aliphatic rings. The van der Waals surface area contributed by atoms with Crippen molar-refractivity contribution in [3.8, 4) is 0 Å². The van der Waals surface area contributed by atoms with Gasteiger partial charge in [-0.3, -0.25) is 0 Å². The summed E-state index contributed by atoms with van der Waals surface area (Å²) < 4.78 is 11.1. The van der Waals surface area contributed by atoms with Crippen molar-refractivity contribution in [2.75, 3.05) is 19.7 Å². The second-order valence-electron chi connectivity index (χ2n) is 5.89. The van der Waals surface area contributed by atoms with Crippen molar-refractivity contribution in [3.63, 3.8) is 0 Å². The molecular weight excluding hydrogens is 218 g/mol. The van der Waals surface area contributed by atoms with Crippen LogP contribution in [-0.2, 0) is 9.47 Å². The van der Waals surface area contributed by atoms with Crippen molar-refractivity contribution in [2.24, 2.45) is 0 Å². The molecule has 1 aliphatic heterocycles. The molecule has 0 saturated carbocycles. The highest BCUT2D eigenvalue weighted by Crippen LogP contribution is 2.25. The quantitative estimate of drug-likeness (QED) is 0.748. The molecule has 17 heavy (non-hydrogen) atoms. The number of amides is 1. The van der Waals surface area contributed by atoms with Crippen LogP contribution in [-0.4, -0.2) is 41.9 Å². The summed E-state index contributed by atoms with van der Waals surface area (Å²) in [5.74, 6) is 0. The zero-order chi connectivity index (χ0) is 13.1. The van der Waals surface area contributed by atoms with Gasteiger partial charge in [0.25, 0.3) is 0 Å². The molecule has 0 aromatic carbocycles. The molecule has 0 aliphatic carbocycles. The standard InChI is InChI=1S/C13H25NO3/c1-6-16-13(5)8-7-9-14(10-13)11(15)17-12(2,3)4/h6-10H2,1-5H3. The number of carbonyl (C=O) groups is 1. The van der Waals surface area contributed by atoms with Gasteiger partial charge in [0.15, 0.2) is 0 Å². The molecule has 1 fully saturated rings. The zero-order valence-corrected chi connectivity index (χ0v) is 11.7. The number of carbonyl (C=O) groups excluding carboxylic acids is 1. The molecule has 1 saturated heterocycles. The van der Waals surface area contributed by atoms with Gasteiger partial charge in [-0.1, -0.05) is 0 Å². The van der Waals surface area contributed by atoms with Crippen LogP contribution in [0.1, 0.15) is 47.5 Å². The van der Waals surface area contributed by atoms with Gasteiger partial charge in [-0.15, -0.1) is 0 Å². The summed E-state index contributed by atoms with van der Waals surface area (Å²) in [7, 11) is 0. The summed E-state index contributed by atoms with van der Waals surface area (Å²) >= 11 is 0. The van der Waals surface area contributed by atoms with Crippen LogP contribution >= 0.6 is 0 Å². The number of hydrogen-bond acceptors (Lipinski definition) is 3. The van der Waals surface area contributed by atoms with E-state index in [1.165, 1.54) is 0 Å². The molecule has 1 atom stereocenters. The van der Waals surface area contributed by atoms with Gasteiger partial charge in [-0.25, -0.2) is 4.79 Å². The molecule has 0 aromatic rings. The zero-order valence-electron chi connectivity index (χ0n) is 11.7. The fourth-order valence-corrected chi connectivity index (χ4v) is 2.15. The van der Waals surface area contributed by atoms with E-state index >= 15 is 0 Å². The van der Waals surface area contributed by atoms with Crippen LogP contribution in [0.4, 0.5) is 4.79 Å². The van der Waals surface area contributed by atoms with Crippen LogP contribution in [0.5, 0.6) is 0 Å². The maximum Gasteiger partial charge on any atom is 0.410 e. The molecule has 4 nitrogen and oxygen atoms in total. The number of rotatable bonds is 2. The third-order valence-corrected chi connectivity index (χ3v) is 2.80. The van der Waals surface area contributed by atoms with E-state index < -0.39 is 5.60 Å². The lowest BCUT2D eigenvalue weighted by Gasteiger charge is -2.40. The van der Waals surface area contributed by atoms with Crippen LogP contribution < -0.4 is 0 Å². The Labute approximate surface area is 104 Å². The molecule has 4 heteroatoms. The predicted octanol–water partition coefficient (Wildman–Crippen LogP) is 2.81. The van der Waals surface area contributed by atoms with Crippen LogP contribution in [0.2, 0.25) is 0 Å². The first kappa shape index (κ1) is 14.3. The molecule has 1 rings (SSSR count). The maximum atomic E-state index is 12.0. The minimum absolute atomic E-state index is 0.218. The van der Waals surface area contributed by atoms with Crippen LogP contribution in [0, 0.1) is 0 Å². The van der Waals surface area contributed by atoms with Gasteiger partial charge in [-0.05, 0) is 47.5 Å². The first-order chi connectivity index (χ1) is 7.76. The van der Waals surface area contributed by atoms with Gasteiger partial charge in [0.05, 0.1) is 12.1 Å². The van der Waals surface area contributed by atoms with E-state index in [1.807, 2.05) is 27.7 Å². The normalized spacial score (nSPS) is 25.8. The van der Waals surface area contributed by atoms with Crippen molar-refractivity contribution in [3.05, 3.63) is 0 Å². The Morgan fingerprint density at radius 2 is 2.06 bits per heavy atom. The Morgan fingerprint density at radius 3 is 2.59 bits per heavy atom. The first-order valence-corrected chi connectivity index (χ1v) is 6.38. The van der Waals surface area contributed by atoms with Gasteiger partial charge in [-0.2, -0.15) is 0 Å². The predicted molar refractivity (Wildman–Crippen MR) is 67.1 cm³/mol.